The van der Waals surface area contributed by atoms with Crippen molar-refractivity contribution in [2.45, 2.75) is 30.8 Å². The molecule has 40 heavy (non-hydrogen) atoms. The minimum atomic E-state index is -4.01. The van der Waals surface area contributed by atoms with E-state index in [-0.39, 0.29) is 49.0 Å². The molecule has 13 heteroatoms. The van der Waals surface area contributed by atoms with Crippen LogP contribution in [0.2, 0.25) is 0 Å². The first kappa shape index (κ1) is 29.5. The number of nitrogens with one attached hydrogen (secondary N) is 1. The summed E-state index contributed by atoms with van der Waals surface area (Å²) < 4.78 is 43.0. The molecule has 0 fully saturated rings. The molecular formula is C27H30BrN5O6S. The molecule has 0 unspecified atom stereocenters. The van der Waals surface area contributed by atoms with Gasteiger partial charge < -0.3 is 19.7 Å². The third-order valence-corrected chi connectivity index (χ3v) is 7.93. The number of hydrogen-bond donors (Lipinski definition) is 3. The first-order chi connectivity index (χ1) is 19.0. The van der Waals surface area contributed by atoms with E-state index in [0.717, 1.165) is 10.0 Å². The van der Waals surface area contributed by atoms with Crippen LogP contribution in [0, 0.1) is 0 Å². The van der Waals surface area contributed by atoms with Gasteiger partial charge in [-0.15, -0.1) is 5.10 Å². The summed E-state index contributed by atoms with van der Waals surface area (Å²) in [6.07, 6.45) is 3.13. The summed E-state index contributed by atoms with van der Waals surface area (Å²) >= 11 is 3.27. The van der Waals surface area contributed by atoms with Crippen LogP contribution >= 0.6 is 15.9 Å². The van der Waals surface area contributed by atoms with Gasteiger partial charge in [0.25, 0.3) is 10.0 Å². The lowest BCUT2D eigenvalue weighted by Gasteiger charge is -2.22. The third kappa shape index (κ3) is 6.78. The lowest BCUT2D eigenvalue weighted by atomic mass is 9.86. The molecule has 212 valence electrons. The van der Waals surface area contributed by atoms with Gasteiger partial charge in [-0.2, -0.15) is 0 Å². The molecule has 11 nitrogen and oxygen atoms in total. The van der Waals surface area contributed by atoms with E-state index in [9.17, 15) is 18.6 Å². The van der Waals surface area contributed by atoms with Gasteiger partial charge in [-0.25, -0.2) is 23.1 Å². The minimum absolute atomic E-state index is 0.0538. The van der Waals surface area contributed by atoms with Gasteiger partial charge in [0.1, 0.15) is 19.0 Å². The molecule has 4 rings (SSSR count). The van der Waals surface area contributed by atoms with Gasteiger partial charge in [0.15, 0.2) is 0 Å². The van der Waals surface area contributed by atoms with Crippen LogP contribution in [-0.2, 0) is 29.1 Å². The molecule has 0 saturated heterocycles. The Morgan fingerprint density at radius 3 is 2.20 bits per heavy atom. The maximum atomic E-state index is 13.4. The Bertz CT molecular complexity index is 1540. The van der Waals surface area contributed by atoms with Crippen molar-refractivity contribution in [3.63, 3.8) is 0 Å². The molecule has 0 amide bonds. The summed E-state index contributed by atoms with van der Waals surface area (Å²) in [7, 11) is -2.41. The zero-order chi connectivity index (χ0) is 28.9. The van der Waals surface area contributed by atoms with Crippen LogP contribution in [0.4, 0.5) is 5.82 Å². The highest BCUT2D eigenvalue weighted by atomic mass is 79.9. The maximum Gasteiger partial charge on any atom is 0.316 e. The number of anilines is 1. The predicted molar refractivity (Wildman–Crippen MR) is 153 cm³/mol. The van der Waals surface area contributed by atoms with E-state index in [1.807, 2.05) is 13.8 Å². The van der Waals surface area contributed by atoms with Gasteiger partial charge in [0.05, 0.1) is 28.1 Å². The largest absolute Gasteiger partial charge is 0.472 e. The third-order valence-electron chi connectivity index (χ3n) is 6.16. The fraction of sp³-hybridized carbons (Fsp3) is 0.296. The van der Waals surface area contributed by atoms with Crippen LogP contribution in [-0.4, -0.2) is 58.2 Å². The van der Waals surface area contributed by atoms with Crippen LogP contribution < -0.4 is 14.2 Å². The molecule has 0 spiro atoms. The molecule has 2 aromatic heterocycles. The number of aliphatic hydroxyl groups excluding tert-OH is 2. The standard InChI is InChI=1S/C27H30BrN5O6S/c1-27(2,17-35)20-8-10-22(11-9-20)40(36,37)32-24-23(19-6-4-18(16-34)5-7-19)25(31-33(24)3)38-12-13-39-26-29-14-21(28)15-30-26/h4-11,14-15,32,34-35H,12-13,16-17H2,1-3H3. The minimum Gasteiger partial charge on any atom is -0.472 e. The van der Waals surface area contributed by atoms with Crippen molar-refractivity contribution in [3.8, 4) is 23.0 Å². The lowest BCUT2D eigenvalue weighted by Crippen LogP contribution is -2.22. The van der Waals surface area contributed by atoms with Gasteiger partial charge >= 0.3 is 6.01 Å². The van der Waals surface area contributed by atoms with Crippen LogP contribution in [0.3, 0.4) is 0 Å². The van der Waals surface area contributed by atoms with Crippen molar-refractivity contribution in [1.82, 2.24) is 19.7 Å². The Morgan fingerprint density at radius 1 is 0.975 bits per heavy atom. The molecule has 0 saturated carbocycles. The Balaban J connectivity index is 1.61. The second kappa shape index (κ2) is 12.3. The second-order valence-electron chi connectivity index (χ2n) is 9.56. The van der Waals surface area contributed by atoms with E-state index in [0.29, 0.717) is 16.7 Å². The van der Waals surface area contributed by atoms with E-state index < -0.39 is 15.4 Å². The fourth-order valence-corrected chi connectivity index (χ4v) is 5.07. The predicted octanol–water partition coefficient (Wildman–Crippen LogP) is 3.66. The van der Waals surface area contributed by atoms with Gasteiger partial charge in [0.2, 0.25) is 5.88 Å². The molecule has 2 aromatic carbocycles. The van der Waals surface area contributed by atoms with Crippen LogP contribution in [0.15, 0.2) is 70.3 Å². The average Bonchev–Trinajstić information content (AvgIpc) is 3.25. The summed E-state index contributed by atoms with van der Waals surface area (Å²) in [5.41, 5.74) is 2.06. The van der Waals surface area contributed by atoms with Gasteiger partial charge in [0, 0.05) is 24.9 Å². The summed E-state index contributed by atoms with van der Waals surface area (Å²) in [6, 6.07) is 13.5. The highest BCUT2D eigenvalue weighted by Crippen LogP contribution is 2.38. The quantitative estimate of drug-likeness (QED) is 0.199. The zero-order valence-corrected chi connectivity index (χ0v) is 24.6. The van der Waals surface area contributed by atoms with Gasteiger partial charge in [-0.05, 0) is 44.8 Å². The number of halogens is 1. The number of ether oxygens (including phenoxy) is 2. The number of aryl methyl sites for hydroxylation is 1. The van der Waals surface area contributed by atoms with Crippen molar-refractivity contribution < 1.29 is 28.1 Å². The average molecular weight is 633 g/mol. The maximum absolute atomic E-state index is 13.4. The smallest absolute Gasteiger partial charge is 0.316 e. The number of benzene rings is 2. The monoisotopic (exact) mass is 631 g/mol. The number of aliphatic hydroxyl groups is 2. The Labute approximate surface area is 241 Å². The normalized spacial score (nSPS) is 11.8. The summed E-state index contributed by atoms with van der Waals surface area (Å²) in [5.74, 6) is 0.390. The molecule has 0 aliphatic rings. The van der Waals surface area contributed by atoms with Crippen molar-refractivity contribution >= 4 is 31.8 Å². The molecule has 4 aromatic rings. The topological polar surface area (TPSA) is 149 Å². The van der Waals surface area contributed by atoms with Crippen LogP contribution in [0.5, 0.6) is 11.9 Å². The molecule has 0 radical (unpaired) electrons. The molecule has 2 heterocycles. The molecule has 3 N–H and O–H groups in total. The number of sulfonamides is 1. The summed E-state index contributed by atoms with van der Waals surface area (Å²) in [6.45, 7) is 3.75. The number of rotatable bonds is 12. The number of nitrogens with zero attached hydrogens (tertiary/aromatic N) is 4. The SMILES string of the molecule is Cn1nc(OCCOc2ncc(Br)cn2)c(-c2ccc(CO)cc2)c1NS(=O)(=O)c1ccc(C(C)(C)CO)cc1. The van der Waals surface area contributed by atoms with Crippen molar-refractivity contribution in [3.05, 3.63) is 76.5 Å². The van der Waals surface area contributed by atoms with Crippen LogP contribution in [0.25, 0.3) is 11.1 Å². The lowest BCUT2D eigenvalue weighted by molar-refractivity contribution is 0.201. The molecule has 0 atom stereocenters. The zero-order valence-electron chi connectivity index (χ0n) is 22.2. The fourth-order valence-electron chi connectivity index (χ4n) is 3.76. The number of hydrogen-bond acceptors (Lipinski definition) is 9. The molecule has 0 aliphatic carbocycles. The highest BCUT2D eigenvalue weighted by Gasteiger charge is 2.26. The molecule has 0 bridgehead atoms. The van der Waals surface area contributed by atoms with Gasteiger partial charge in [-0.3, -0.25) is 4.72 Å². The van der Waals surface area contributed by atoms with Crippen molar-refractivity contribution in [2.75, 3.05) is 24.5 Å². The summed E-state index contributed by atoms with van der Waals surface area (Å²) in [4.78, 5) is 8.15. The van der Waals surface area contributed by atoms with Gasteiger partial charge in [-0.1, -0.05) is 50.2 Å². The Hall–Kier alpha value is -3.52. The first-order valence-electron chi connectivity index (χ1n) is 12.3. The second-order valence-corrected chi connectivity index (χ2v) is 12.2. The van der Waals surface area contributed by atoms with E-state index in [1.165, 1.54) is 16.8 Å². The molecule has 0 aliphatic heterocycles. The van der Waals surface area contributed by atoms with E-state index >= 15 is 0 Å². The van der Waals surface area contributed by atoms with E-state index in [2.05, 4.69) is 35.7 Å². The van der Waals surface area contributed by atoms with Crippen molar-refractivity contribution in [1.29, 1.82) is 0 Å². The Kier molecular flexibility index (Phi) is 9.08. The Morgan fingerprint density at radius 2 is 1.60 bits per heavy atom. The van der Waals surface area contributed by atoms with E-state index in [4.69, 9.17) is 9.47 Å². The number of aromatic nitrogens is 4. The van der Waals surface area contributed by atoms with Crippen LogP contribution in [0.1, 0.15) is 25.0 Å². The van der Waals surface area contributed by atoms with E-state index in [1.54, 1.807) is 55.8 Å². The summed E-state index contributed by atoms with van der Waals surface area (Å²) in [5, 5.41) is 23.5. The first-order valence-corrected chi connectivity index (χ1v) is 14.6. The van der Waals surface area contributed by atoms with Crippen molar-refractivity contribution in [2.24, 2.45) is 7.05 Å². The highest BCUT2D eigenvalue weighted by molar-refractivity contribution is 9.10. The molecular weight excluding hydrogens is 602 g/mol.